The van der Waals surface area contributed by atoms with Crippen LogP contribution in [0.5, 0.6) is 0 Å². The predicted molar refractivity (Wildman–Crippen MR) is 77.6 cm³/mol. The van der Waals surface area contributed by atoms with E-state index in [2.05, 4.69) is 5.32 Å². The van der Waals surface area contributed by atoms with Gasteiger partial charge in [-0.1, -0.05) is 24.3 Å². The van der Waals surface area contributed by atoms with Crippen LogP contribution in [-0.2, 0) is 16.0 Å². The largest absolute Gasteiger partial charge is 0.480 e. The summed E-state index contributed by atoms with van der Waals surface area (Å²) in [5.41, 5.74) is 2.23. The maximum Gasteiger partial charge on any atom is 0.326 e. The highest BCUT2D eigenvalue weighted by atomic mass is 32.2. The lowest BCUT2D eigenvalue weighted by Crippen LogP contribution is -2.44. The molecular weight excluding hydrogens is 274 g/mol. The number of carboxylic acid groups (broad SMARTS) is 1. The molecule has 1 amide bonds. The number of carbonyl (C=O) groups is 2. The molecule has 1 aliphatic heterocycles. The van der Waals surface area contributed by atoms with E-state index in [0.29, 0.717) is 0 Å². The number of aliphatic carboxylic acids is 1. The van der Waals surface area contributed by atoms with Crippen molar-refractivity contribution in [3.05, 3.63) is 35.4 Å². The smallest absolute Gasteiger partial charge is 0.326 e. The van der Waals surface area contributed by atoms with Crippen molar-refractivity contribution in [1.82, 2.24) is 5.32 Å². The predicted octanol–water partition coefficient (Wildman–Crippen LogP) is 2.00. The summed E-state index contributed by atoms with van der Waals surface area (Å²) in [6.07, 6.45) is 2.76. The zero-order valence-corrected chi connectivity index (χ0v) is 11.9. The number of aryl methyl sites for hydroxylation is 1. The number of benzene rings is 1. The quantitative estimate of drug-likeness (QED) is 0.890. The molecule has 5 heteroatoms. The number of nitrogens with one attached hydrogen (secondary N) is 1. The van der Waals surface area contributed by atoms with E-state index in [1.807, 2.05) is 24.3 Å². The van der Waals surface area contributed by atoms with Crippen molar-refractivity contribution >= 4 is 23.6 Å². The summed E-state index contributed by atoms with van der Waals surface area (Å²) in [5.74, 6) is -0.0762. The molecule has 106 valence electrons. The first-order valence-corrected chi connectivity index (χ1v) is 7.94. The molecule has 2 unspecified atom stereocenters. The lowest BCUT2D eigenvalue weighted by atomic mass is 10.0. The van der Waals surface area contributed by atoms with Gasteiger partial charge in [-0.15, -0.1) is 11.8 Å². The zero-order valence-electron chi connectivity index (χ0n) is 11.0. The van der Waals surface area contributed by atoms with Crippen LogP contribution in [0.2, 0.25) is 0 Å². The summed E-state index contributed by atoms with van der Waals surface area (Å²) in [6.45, 7) is 0. The molecule has 1 heterocycles. The third-order valence-corrected chi connectivity index (χ3v) is 5.13. The molecule has 0 radical (unpaired) electrons. The summed E-state index contributed by atoms with van der Waals surface area (Å²) in [4.78, 5) is 23.6. The second-order valence-electron chi connectivity index (χ2n) is 5.36. The molecule has 4 nitrogen and oxygen atoms in total. The number of carbonyl (C=O) groups excluding carboxylic acids is 1. The van der Waals surface area contributed by atoms with Gasteiger partial charge in [0.1, 0.15) is 11.3 Å². The van der Waals surface area contributed by atoms with E-state index in [0.717, 1.165) is 30.6 Å². The fourth-order valence-electron chi connectivity index (χ4n) is 2.65. The molecule has 20 heavy (non-hydrogen) atoms. The Morgan fingerprint density at radius 2 is 2.05 bits per heavy atom. The molecule has 0 spiro atoms. The SMILES string of the molecule is O=C(NC(C(=O)O)C1CC1)C1SCCc2ccccc21. The normalized spacial score (nSPS) is 22.7. The van der Waals surface area contributed by atoms with Crippen molar-refractivity contribution in [2.24, 2.45) is 5.92 Å². The molecule has 1 aliphatic carbocycles. The van der Waals surface area contributed by atoms with Crippen LogP contribution in [0.15, 0.2) is 24.3 Å². The van der Waals surface area contributed by atoms with E-state index in [4.69, 9.17) is 0 Å². The lowest BCUT2D eigenvalue weighted by Gasteiger charge is -2.25. The Morgan fingerprint density at radius 1 is 1.30 bits per heavy atom. The molecular formula is C15H17NO3S. The number of rotatable bonds is 4. The van der Waals surface area contributed by atoms with E-state index in [1.54, 1.807) is 11.8 Å². The van der Waals surface area contributed by atoms with Crippen molar-refractivity contribution in [2.75, 3.05) is 5.75 Å². The molecule has 2 aliphatic rings. The van der Waals surface area contributed by atoms with Crippen LogP contribution >= 0.6 is 11.8 Å². The van der Waals surface area contributed by atoms with Crippen LogP contribution in [0.3, 0.4) is 0 Å². The third-order valence-electron chi connectivity index (χ3n) is 3.89. The number of thioether (sulfide) groups is 1. The molecule has 2 atom stereocenters. The van der Waals surface area contributed by atoms with Gasteiger partial charge in [-0.05, 0) is 42.1 Å². The summed E-state index contributed by atoms with van der Waals surface area (Å²) in [7, 11) is 0. The third kappa shape index (κ3) is 2.68. The number of fused-ring (bicyclic) bond motifs is 1. The number of hydrogen-bond acceptors (Lipinski definition) is 3. The van der Waals surface area contributed by atoms with Crippen molar-refractivity contribution in [3.8, 4) is 0 Å². The van der Waals surface area contributed by atoms with Crippen LogP contribution in [0.25, 0.3) is 0 Å². The fourth-order valence-corrected chi connectivity index (χ4v) is 3.85. The van der Waals surface area contributed by atoms with E-state index < -0.39 is 12.0 Å². The average molecular weight is 291 g/mol. The van der Waals surface area contributed by atoms with Gasteiger partial charge >= 0.3 is 5.97 Å². The standard InChI is InChI=1S/C15H17NO3S/c17-14(16-12(15(18)19)10-5-6-10)13-11-4-2-1-3-9(11)7-8-20-13/h1-4,10,12-13H,5-8H2,(H,16,17)(H,18,19). The molecule has 0 saturated heterocycles. The topological polar surface area (TPSA) is 66.4 Å². The Hall–Kier alpha value is -1.49. The van der Waals surface area contributed by atoms with Gasteiger partial charge in [0.2, 0.25) is 5.91 Å². The van der Waals surface area contributed by atoms with Crippen LogP contribution in [0.4, 0.5) is 0 Å². The average Bonchev–Trinajstić information content (AvgIpc) is 3.28. The van der Waals surface area contributed by atoms with Gasteiger partial charge in [0.15, 0.2) is 0 Å². The van der Waals surface area contributed by atoms with Gasteiger partial charge in [0.25, 0.3) is 0 Å². The molecule has 2 N–H and O–H groups in total. The van der Waals surface area contributed by atoms with E-state index in [9.17, 15) is 14.7 Å². The molecule has 0 aromatic heterocycles. The summed E-state index contributed by atoms with van der Waals surface area (Å²) in [6, 6.07) is 7.20. The molecule has 0 bridgehead atoms. The second-order valence-corrected chi connectivity index (χ2v) is 6.57. The first-order chi connectivity index (χ1) is 9.66. The van der Waals surface area contributed by atoms with Crippen LogP contribution in [0, 0.1) is 5.92 Å². The maximum atomic E-state index is 12.4. The monoisotopic (exact) mass is 291 g/mol. The Morgan fingerprint density at radius 3 is 2.75 bits per heavy atom. The number of carboxylic acids is 1. The highest BCUT2D eigenvalue weighted by molar-refractivity contribution is 8.00. The minimum Gasteiger partial charge on any atom is -0.480 e. The highest BCUT2D eigenvalue weighted by Gasteiger charge is 2.39. The molecule has 1 aromatic rings. The minimum atomic E-state index is -0.921. The Balaban J connectivity index is 1.76. The van der Waals surface area contributed by atoms with Crippen LogP contribution in [0.1, 0.15) is 29.2 Å². The molecule has 3 rings (SSSR count). The summed E-state index contributed by atoms with van der Waals surface area (Å²) >= 11 is 1.59. The Kier molecular flexibility index (Phi) is 3.70. The number of hydrogen-bond donors (Lipinski definition) is 2. The summed E-state index contributed by atoms with van der Waals surface area (Å²) in [5, 5.41) is 11.7. The van der Waals surface area contributed by atoms with Crippen molar-refractivity contribution in [1.29, 1.82) is 0 Å². The fraction of sp³-hybridized carbons (Fsp3) is 0.467. The Bertz CT molecular complexity index is 542. The van der Waals surface area contributed by atoms with Crippen molar-refractivity contribution in [3.63, 3.8) is 0 Å². The van der Waals surface area contributed by atoms with Gasteiger partial charge in [0, 0.05) is 0 Å². The lowest BCUT2D eigenvalue weighted by molar-refractivity contribution is -0.142. The first-order valence-electron chi connectivity index (χ1n) is 6.89. The Labute approximate surface area is 121 Å². The van der Waals surface area contributed by atoms with Crippen LogP contribution < -0.4 is 5.32 Å². The second kappa shape index (κ2) is 5.48. The zero-order chi connectivity index (χ0) is 14.1. The van der Waals surface area contributed by atoms with E-state index in [1.165, 1.54) is 5.56 Å². The highest BCUT2D eigenvalue weighted by Crippen LogP contribution is 2.38. The van der Waals surface area contributed by atoms with Gasteiger partial charge in [-0.2, -0.15) is 0 Å². The van der Waals surface area contributed by atoms with E-state index >= 15 is 0 Å². The minimum absolute atomic E-state index is 0.111. The van der Waals surface area contributed by atoms with Gasteiger partial charge in [0.05, 0.1) is 0 Å². The maximum absolute atomic E-state index is 12.4. The van der Waals surface area contributed by atoms with Gasteiger partial charge in [-0.3, -0.25) is 4.79 Å². The van der Waals surface area contributed by atoms with E-state index in [-0.39, 0.29) is 17.1 Å². The van der Waals surface area contributed by atoms with Crippen molar-refractivity contribution in [2.45, 2.75) is 30.6 Å². The molecule has 1 fully saturated rings. The molecule has 1 aromatic carbocycles. The number of amides is 1. The van der Waals surface area contributed by atoms with Crippen molar-refractivity contribution < 1.29 is 14.7 Å². The summed E-state index contributed by atoms with van der Waals surface area (Å²) < 4.78 is 0. The molecule has 1 saturated carbocycles. The van der Waals surface area contributed by atoms with Gasteiger partial charge in [-0.25, -0.2) is 4.79 Å². The van der Waals surface area contributed by atoms with Gasteiger partial charge < -0.3 is 10.4 Å². The van der Waals surface area contributed by atoms with Crippen LogP contribution in [-0.4, -0.2) is 28.8 Å². The first kappa shape index (κ1) is 13.5.